The number of anilines is 1. The molecular formula is C22H27N3O2. The van der Waals surface area contributed by atoms with E-state index in [1.54, 1.807) is 0 Å². The number of carbonyl (C=O) groups excluding carboxylic acids is 2. The first-order chi connectivity index (χ1) is 13.1. The SMILES string of the molecule is Cc1ccccc1NC(=O)N1CCC(CCNC(=O)c2ccccc2)CC1. The lowest BCUT2D eigenvalue weighted by Gasteiger charge is -2.32. The fourth-order valence-electron chi connectivity index (χ4n) is 3.41. The average molecular weight is 365 g/mol. The zero-order chi connectivity index (χ0) is 19.1. The molecule has 1 heterocycles. The highest BCUT2D eigenvalue weighted by atomic mass is 16.2. The zero-order valence-corrected chi connectivity index (χ0v) is 15.8. The van der Waals surface area contributed by atoms with Crippen molar-refractivity contribution in [2.24, 2.45) is 5.92 Å². The summed E-state index contributed by atoms with van der Waals surface area (Å²) in [6.45, 7) is 4.18. The number of benzene rings is 2. The molecule has 2 aromatic rings. The van der Waals surface area contributed by atoms with E-state index in [0.29, 0.717) is 18.0 Å². The maximum Gasteiger partial charge on any atom is 0.321 e. The first-order valence-corrected chi connectivity index (χ1v) is 9.58. The Hall–Kier alpha value is -2.82. The Morgan fingerprint density at radius 1 is 1.00 bits per heavy atom. The third kappa shape index (κ3) is 5.33. The van der Waals surface area contributed by atoms with E-state index in [1.807, 2.05) is 66.4 Å². The fourth-order valence-corrected chi connectivity index (χ4v) is 3.41. The van der Waals surface area contributed by atoms with Crippen LogP contribution in [0.2, 0.25) is 0 Å². The molecule has 3 rings (SSSR count). The van der Waals surface area contributed by atoms with E-state index in [2.05, 4.69) is 10.6 Å². The number of rotatable bonds is 5. The van der Waals surface area contributed by atoms with Crippen molar-refractivity contribution in [2.75, 3.05) is 25.0 Å². The molecule has 1 aliphatic rings. The van der Waals surface area contributed by atoms with Crippen LogP contribution in [0.4, 0.5) is 10.5 Å². The van der Waals surface area contributed by atoms with Crippen LogP contribution in [0.5, 0.6) is 0 Å². The molecule has 5 heteroatoms. The lowest BCUT2D eigenvalue weighted by molar-refractivity contribution is 0.0949. The number of hydrogen-bond acceptors (Lipinski definition) is 2. The van der Waals surface area contributed by atoms with Gasteiger partial charge in [0.2, 0.25) is 0 Å². The predicted octanol–water partition coefficient (Wildman–Crippen LogP) is 4.06. The van der Waals surface area contributed by atoms with E-state index < -0.39 is 0 Å². The van der Waals surface area contributed by atoms with Gasteiger partial charge < -0.3 is 15.5 Å². The molecule has 2 N–H and O–H groups in total. The van der Waals surface area contributed by atoms with Crippen molar-refractivity contribution in [3.63, 3.8) is 0 Å². The first-order valence-electron chi connectivity index (χ1n) is 9.58. The largest absolute Gasteiger partial charge is 0.352 e. The molecule has 0 radical (unpaired) electrons. The number of carbonyl (C=O) groups is 2. The number of piperidine rings is 1. The standard InChI is InChI=1S/C22H27N3O2/c1-17-7-5-6-10-20(17)24-22(27)25-15-12-18(13-16-25)11-14-23-21(26)19-8-3-2-4-9-19/h2-10,18H,11-16H2,1H3,(H,23,26)(H,24,27). The molecule has 0 bridgehead atoms. The van der Waals surface area contributed by atoms with Gasteiger partial charge in [0.25, 0.3) is 5.91 Å². The van der Waals surface area contributed by atoms with Gasteiger partial charge in [-0.05, 0) is 55.9 Å². The molecule has 27 heavy (non-hydrogen) atoms. The molecule has 2 aromatic carbocycles. The molecule has 5 nitrogen and oxygen atoms in total. The van der Waals surface area contributed by atoms with Crippen molar-refractivity contribution in [1.82, 2.24) is 10.2 Å². The van der Waals surface area contributed by atoms with Gasteiger partial charge in [0.15, 0.2) is 0 Å². The molecule has 1 aliphatic heterocycles. The lowest BCUT2D eigenvalue weighted by Crippen LogP contribution is -2.41. The van der Waals surface area contributed by atoms with E-state index in [1.165, 1.54) is 0 Å². The van der Waals surface area contributed by atoms with Crippen molar-refractivity contribution in [3.8, 4) is 0 Å². The summed E-state index contributed by atoms with van der Waals surface area (Å²) in [4.78, 5) is 26.4. The van der Waals surface area contributed by atoms with Crippen molar-refractivity contribution in [1.29, 1.82) is 0 Å². The van der Waals surface area contributed by atoms with E-state index >= 15 is 0 Å². The smallest absolute Gasteiger partial charge is 0.321 e. The first kappa shape index (κ1) is 19.0. The molecule has 3 amide bonds. The van der Waals surface area contributed by atoms with Crippen molar-refractivity contribution < 1.29 is 9.59 Å². The van der Waals surface area contributed by atoms with Crippen molar-refractivity contribution in [3.05, 3.63) is 65.7 Å². The topological polar surface area (TPSA) is 61.4 Å². The normalized spacial score (nSPS) is 14.6. The number of para-hydroxylation sites is 1. The minimum atomic E-state index is -0.0277. The maximum atomic E-state index is 12.4. The minimum absolute atomic E-state index is 0.0226. The van der Waals surface area contributed by atoms with Gasteiger partial charge in [-0.3, -0.25) is 4.79 Å². The van der Waals surface area contributed by atoms with Crippen LogP contribution in [0.15, 0.2) is 54.6 Å². The van der Waals surface area contributed by atoms with E-state index in [9.17, 15) is 9.59 Å². The molecule has 0 spiro atoms. The molecule has 0 atom stereocenters. The highest BCUT2D eigenvalue weighted by Gasteiger charge is 2.23. The number of urea groups is 1. The van der Waals surface area contributed by atoms with Gasteiger partial charge in [0.1, 0.15) is 0 Å². The molecule has 0 aliphatic carbocycles. The van der Waals surface area contributed by atoms with E-state index in [-0.39, 0.29) is 11.9 Å². The van der Waals surface area contributed by atoms with E-state index in [4.69, 9.17) is 0 Å². The van der Waals surface area contributed by atoms with E-state index in [0.717, 1.165) is 43.6 Å². The molecule has 0 aromatic heterocycles. The third-order valence-electron chi connectivity index (χ3n) is 5.16. The van der Waals surface area contributed by atoms with Gasteiger partial charge in [-0.25, -0.2) is 4.79 Å². The summed E-state index contributed by atoms with van der Waals surface area (Å²) in [6, 6.07) is 17.1. The molecule has 1 saturated heterocycles. The second kappa shape index (κ2) is 9.21. The quantitative estimate of drug-likeness (QED) is 0.839. The second-order valence-electron chi connectivity index (χ2n) is 7.09. The van der Waals surface area contributed by atoms with Crippen LogP contribution in [0, 0.1) is 12.8 Å². The van der Waals surface area contributed by atoms with Crippen molar-refractivity contribution >= 4 is 17.6 Å². The van der Waals surface area contributed by atoms with Crippen LogP contribution in [0.25, 0.3) is 0 Å². The summed E-state index contributed by atoms with van der Waals surface area (Å²) < 4.78 is 0. The number of nitrogens with one attached hydrogen (secondary N) is 2. The van der Waals surface area contributed by atoms with Crippen LogP contribution < -0.4 is 10.6 Å². The molecular weight excluding hydrogens is 338 g/mol. The summed E-state index contributed by atoms with van der Waals surface area (Å²) in [5.41, 5.74) is 2.63. The van der Waals surface area contributed by atoms with Gasteiger partial charge in [0, 0.05) is 30.9 Å². The van der Waals surface area contributed by atoms with Gasteiger partial charge >= 0.3 is 6.03 Å². The Morgan fingerprint density at radius 3 is 2.37 bits per heavy atom. The second-order valence-corrected chi connectivity index (χ2v) is 7.09. The van der Waals surface area contributed by atoms with Crippen LogP contribution in [-0.4, -0.2) is 36.5 Å². The number of likely N-dealkylation sites (tertiary alicyclic amines) is 1. The predicted molar refractivity (Wildman–Crippen MR) is 108 cm³/mol. The summed E-state index contributed by atoms with van der Waals surface area (Å²) >= 11 is 0. The van der Waals surface area contributed by atoms with Crippen molar-refractivity contribution in [2.45, 2.75) is 26.2 Å². The van der Waals surface area contributed by atoms with Gasteiger partial charge in [-0.1, -0.05) is 36.4 Å². The summed E-state index contributed by atoms with van der Waals surface area (Å²) in [5.74, 6) is 0.522. The average Bonchev–Trinajstić information content (AvgIpc) is 2.71. The number of hydrogen-bond donors (Lipinski definition) is 2. The molecule has 0 saturated carbocycles. The zero-order valence-electron chi connectivity index (χ0n) is 15.8. The monoisotopic (exact) mass is 365 g/mol. The Balaban J connectivity index is 1.38. The number of nitrogens with zero attached hydrogens (tertiary/aromatic N) is 1. The summed E-state index contributed by atoms with van der Waals surface area (Å²) in [6.07, 6.45) is 2.90. The Labute approximate surface area is 160 Å². The van der Waals surface area contributed by atoms with Crippen LogP contribution in [0.1, 0.15) is 35.2 Å². The van der Waals surface area contributed by atoms with Crippen LogP contribution >= 0.6 is 0 Å². The molecule has 1 fully saturated rings. The van der Waals surface area contributed by atoms with Crippen LogP contribution in [-0.2, 0) is 0 Å². The Morgan fingerprint density at radius 2 is 1.67 bits per heavy atom. The molecule has 0 unspecified atom stereocenters. The molecule has 142 valence electrons. The highest BCUT2D eigenvalue weighted by Crippen LogP contribution is 2.21. The number of amides is 3. The van der Waals surface area contributed by atoms with Gasteiger partial charge in [-0.15, -0.1) is 0 Å². The summed E-state index contributed by atoms with van der Waals surface area (Å²) in [7, 11) is 0. The maximum absolute atomic E-state index is 12.4. The van der Waals surface area contributed by atoms with Gasteiger partial charge in [0.05, 0.1) is 0 Å². The third-order valence-corrected chi connectivity index (χ3v) is 5.16. The van der Waals surface area contributed by atoms with Crippen LogP contribution in [0.3, 0.4) is 0 Å². The Bertz CT molecular complexity index is 768. The summed E-state index contributed by atoms with van der Waals surface area (Å²) in [5, 5.41) is 5.99. The Kier molecular flexibility index (Phi) is 6.47. The highest BCUT2D eigenvalue weighted by molar-refractivity contribution is 5.94. The number of aryl methyl sites for hydroxylation is 1. The lowest BCUT2D eigenvalue weighted by atomic mass is 9.93. The van der Waals surface area contributed by atoms with Gasteiger partial charge in [-0.2, -0.15) is 0 Å². The minimum Gasteiger partial charge on any atom is -0.352 e. The fraction of sp³-hybridized carbons (Fsp3) is 0.364.